The Kier molecular flexibility index (Phi) is 6.43. The highest BCUT2D eigenvalue weighted by atomic mass is 16.5. The lowest BCUT2D eigenvalue weighted by molar-refractivity contribution is 0.183. The van der Waals surface area contributed by atoms with Gasteiger partial charge in [0.15, 0.2) is 0 Å². The van der Waals surface area contributed by atoms with E-state index in [4.69, 9.17) is 4.74 Å². The fourth-order valence-corrected chi connectivity index (χ4v) is 3.36. The molecule has 132 valence electrons. The molecule has 6 heteroatoms. The fourth-order valence-electron chi connectivity index (χ4n) is 3.36. The van der Waals surface area contributed by atoms with Crippen LogP contribution in [0.3, 0.4) is 0 Å². The minimum Gasteiger partial charge on any atom is -0.381 e. The highest BCUT2D eigenvalue weighted by Crippen LogP contribution is 2.12. The van der Waals surface area contributed by atoms with Crippen molar-refractivity contribution in [2.75, 3.05) is 39.4 Å². The lowest BCUT2D eigenvalue weighted by atomic mass is 10.0. The number of ether oxygens (including phenoxy) is 1. The number of nitrogens with one attached hydrogen (secondary N) is 2. The molecule has 0 aromatic carbocycles. The predicted molar refractivity (Wildman–Crippen MR) is 92.9 cm³/mol. The minimum absolute atomic E-state index is 0.0304. The van der Waals surface area contributed by atoms with Crippen LogP contribution >= 0.6 is 0 Å². The number of piperidine rings is 1. The molecule has 0 aliphatic carbocycles. The Morgan fingerprint density at radius 3 is 2.75 bits per heavy atom. The van der Waals surface area contributed by atoms with Crippen molar-refractivity contribution in [3.05, 3.63) is 30.1 Å². The first-order chi connectivity index (χ1) is 11.8. The maximum absolute atomic E-state index is 12.0. The lowest BCUT2D eigenvalue weighted by Gasteiger charge is -2.32. The molecular formula is C18H28N4O2. The van der Waals surface area contributed by atoms with E-state index >= 15 is 0 Å². The van der Waals surface area contributed by atoms with Gasteiger partial charge in [0.25, 0.3) is 0 Å². The Labute approximate surface area is 144 Å². The summed E-state index contributed by atoms with van der Waals surface area (Å²) in [6, 6.07) is 4.42. The topological polar surface area (TPSA) is 66.5 Å². The molecule has 1 aromatic rings. The molecule has 0 unspecified atom stereocenters. The highest BCUT2D eigenvalue weighted by Gasteiger charge is 2.21. The Morgan fingerprint density at radius 2 is 2.04 bits per heavy atom. The van der Waals surface area contributed by atoms with Gasteiger partial charge in [0.1, 0.15) is 0 Å². The van der Waals surface area contributed by atoms with Crippen molar-refractivity contribution in [2.45, 2.75) is 31.7 Å². The number of carbonyl (C=O) groups excluding carboxylic acids is 1. The summed E-state index contributed by atoms with van der Waals surface area (Å²) in [4.78, 5) is 18.5. The van der Waals surface area contributed by atoms with Gasteiger partial charge in [-0.3, -0.25) is 4.98 Å². The van der Waals surface area contributed by atoms with Crippen molar-refractivity contribution in [2.24, 2.45) is 5.92 Å². The Hall–Kier alpha value is -1.66. The molecule has 3 heterocycles. The molecule has 2 N–H and O–H groups in total. The standard InChI is InChI=1S/C18H28N4O2/c23-18(20-13-16-6-12-24-14-16)21-17-4-10-22(11-5-17)9-3-15-1-7-19-8-2-15/h1-2,7-8,16-17H,3-6,9-14H2,(H2,20,21,23)/t16-/m1/s1. The van der Waals surface area contributed by atoms with Gasteiger partial charge in [-0.25, -0.2) is 4.79 Å². The zero-order chi connectivity index (χ0) is 16.6. The summed E-state index contributed by atoms with van der Waals surface area (Å²) in [5, 5.41) is 6.09. The van der Waals surface area contributed by atoms with Crippen LogP contribution in [-0.4, -0.2) is 61.3 Å². The zero-order valence-corrected chi connectivity index (χ0v) is 14.2. The van der Waals surface area contributed by atoms with Crippen LogP contribution in [0.4, 0.5) is 4.79 Å². The summed E-state index contributed by atoms with van der Waals surface area (Å²) in [7, 11) is 0. The van der Waals surface area contributed by atoms with E-state index in [0.717, 1.165) is 65.1 Å². The molecule has 0 bridgehead atoms. The fraction of sp³-hybridized carbons (Fsp3) is 0.667. The van der Waals surface area contributed by atoms with Crippen molar-refractivity contribution in [3.8, 4) is 0 Å². The monoisotopic (exact) mass is 332 g/mol. The number of rotatable bonds is 6. The van der Waals surface area contributed by atoms with Crippen molar-refractivity contribution >= 4 is 6.03 Å². The molecule has 0 spiro atoms. The van der Waals surface area contributed by atoms with Gasteiger partial charge in [0.05, 0.1) is 6.61 Å². The third-order valence-electron chi connectivity index (χ3n) is 4.96. The second-order valence-corrected chi connectivity index (χ2v) is 6.81. The normalized spacial score (nSPS) is 22.4. The van der Waals surface area contributed by atoms with Gasteiger partial charge in [0.2, 0.25) is 0 Å². The number of hydrogen-bond donors (Lipinski definition) is 2. The highest BCUT2D eigenvalue weighted by molar-refractivity contribution is 5.74. The predicted octanol–water partition coefficient (Wildman–Crippen LogP) is 1.42. The number of hydrogen-bond acceptors (Lipinski definition) is 4. The average Bonchev–Trinajstić information content (AvgIpc) is 3.14. The van der Waals surface area contributed by atoms with Gasteiger partial charge < -0.3 is 20.3 Å². The second-order valence-electron chi connectivity index (χ2n) is 6.81. The van der Waals surface area contributed by atoms with E-state index in [2.05, 4.69) is 32.7 Å². The quantitative estimate of drug-likeness (QED) is 0.827. The first-order valence-electron chi connectivity index (χ1n) is 9.03. The maximum atomic E-state index is 12.0. The van der Waals surface area contributed by atoms with E-state index in [1.165, 1.54) is 5.56 Å². The molecule has 24 heavy (non-hydrogen) atoms. The molecule has 2 aliphatic heterocycles. The molecule has 0 radical (unpaired) electrons. The summed E-state index contributed by atoms with van der Waals surface area (Å²) >= 11 is 0. The number of urea groups is 1. The summed E-state index contributed by atoms with van der Waals surface area (Å²) in [5.74, 6) is 0.478. The average molecular weight is 332 g/mol. The van der Waals surface area contributed by atoms with Crippen LogP contribution < -0.4 is 10.6 Å². The second kappa shape index (κ2) is 8.99. The summed E-state index contributed by atoms with van der Waals surface area (Å²) in [6.07, 6.45) is 7.86. The number of amides is 2. The smallest absolute Gasteiger partial charge is 0.315 e. The molecule has 3 rings (SSSR count). The molecule has 1 aromatic heterocycles. The summed E-state index contributed by atoms with van der Waals surface area (Å²) < 4.78 is 5.33. The van der Waals surface area contributed by atoms with E-state index in [-0.39, 0.29) is 6.03 Å². The first-order valence-corrected chi connectivity index (χ1v) is 9.03. The molecule has 2 amide bonds. The van der Waals surface area contributed by atoms with E-state index in [0.29, 0.717) is 12.0 Å². The number of aromatic nitrogens is 1. The first kappa shape index (κ1) is 17.2. The number of nitrogens with zero attached hydrogens (tertiary/aromatic N) is 2. The van der Waals surface area contributed by atoms with Crippen LogP contribution in [0.5, 0.6) is 0 Å². The third kappa shape index (κ3) is 5.46. The Balaban J connectivity index is 1.29. The van der Waals surface area contributed by atoms with Crippen LogP contribution in [0.25, 0.3) is 0 Å². The molecule has 1 atom stereocenters. The molecule has 2 fully saturated rings. The summed E-state index contributed by atoms with van der Waals surface area (Å²) in [5.41, 5.74) is 1.33. The maximum Gasteiger partial charge on any atom is 0.315 e. The molecule has 2 aliphatic rings. The molecule has 6 nitrogen and oxygen atoms in total. The minimum atomic E-state index is -0.0304. The molecule has 0 saturated carbocycles. The van der Waals surface area contributed by atoms with Crippen molar-refractivity contribution in [1.29, 1.82) is 0 Å². The van der Waals surface area contributed by atoms with Gasteiger partial charge >= 0.3 is 6.03 Å². The van der Waals surface area contributed by atoms with Crippen LogP contribution in [0.2, 0.25) is 0 Å². The van der Waals surface area contributed by atoms with Crippen molar-refractivity contribution in [1.82, 2.24) is 20.5 Å². The lowest BCUT2D eigenvalue weighted by Crippen LogP contribution is -2.48. The number of likely N-dealkylation sites (tertiary alicyclic amines) is 1. The van der Waals surface area contributed by atoms with Gasteiger partial charge in [0, 0.05) is 57.1 Å². The Morgan fingerprint density at radius 1 is 1.25 bits per heavy atom. The van der Waals surface area contributed by atoms with E-state index < -0.39 is 0 Å². The van der Waals surface area contributed by atoms with Crippen molar-refractivity contribution < 1.29 is 9.53 Å². The third-order valence-corrected chi connectivity index (χ3v) is 4.96. The van der Waals surface area contributed by atoms with Gasteiger partial charge in [-0.15, -0.1) is 0 Å². The van der Waals surface area contributed by atoms with Crippen LogP contribution in [0, 0.1) is 5.92 Å². The number of carbonyl (C=O) groups is 1. The van der Waals surface area contributed by atoms with Crippen LogP contribution in [0.1, 0.15) is 24.8 Å². The SMILES string of the molecule is O=C(NC[C@H]1CCOC1)NC1CCN(CCc2ccncc2)CC1. The van der Waals surface area contributed by atoms with E-state index in [1.54, 1.807) is 0 Å². The van der Waals surface area contributed by atoms with Gasteiger partial charge in [-0.1, -0.05) is 0 Å². The Bertz CT molecular complexity index is 497. The van der Waals surface area contributed by atoms with Gasteiger partial charge in [-0.05, 0) is 43.4 Å². The largest absolute Gasteiger partial charge is 0.381 e. The zero-order valence-electron chi connectivity index (χ0n) is 14.2. The van der Waals surface area contributed by atoms with E-state index in [1.807, 2.05) is 12.4 Å². The van der Waals surface area contributed by atoms with Gasteiger partial charge in [-0.2, -0.15) is 0 Å². The molecule has 2 saturated heterocycles. The van der Waals surface area contributed by atoms with E-state index in [9.17, 15) is 4.79 Å². The van der Waals surface area contributed by atoms with Crippen LogP contribution in [-0.2, 0) is 11.2 Å². The van der Waals surface area contributed by atoms with Crippen LogP contribution in [0.15, 0.2) is 24.5 Å². The molecular weight excluding hydrogens is 304 g/mol. The van der Waals surface area contributed by atoms with Crippen molar-refractivity contribution in [3.63, 3.8) is 0 Å². The number of pyridine rings is 1. The summed E-state index contributed by atoms with van der Waals surface area (Å²) in [6.45, 7) is 5.49.